The summed E-state index contributed by atoms with van der Waals surface area (Å²) in [6.07, 6.45) is 12.2. The van der Waals surface area contributed by atoms with Crippen LogP contribution >= 0.6 is 0 Å². The number of hydrazine groups is 1. The predicted molar refractivity (Wildman–Crippen MR) is 136 cm³/mol. The first-order valence-corrected chi connectivity index (χ1v) is 12.8. The van der Waals surface area contributed by atoms with Crippen LogP contribution in [0.15, 0.2) is 53.3 Å². The number of hydrogen-bond donors (Lipinski definition) is 2. The Morgan fingerprint density at radius 3 is 2.11 bits per heavy atom. The standard InChI is InChI=1S/C29H40N2O2.2BrH.Co/c1-20-16-22(27(33)25(17-20)29(5,6)7)19-31(23-13-9-8-10-14-23)30-18-21-12-11-15-24(26(21)32)28(2,3)4;;;/h11-12,15,17-19,23H,1,8-10,13-14,16H2,2-7H3,(H,30,32);2*1H;/q;;;+1/p-1. The van der Waals surface area contributed by atoms with E-state index in [1.165, 1.54) is 19.3 Å². The molecule has 0 saturated heterocycles. The van der Waals surface area contributed by atoms with Crippen LogP contribution in [0.2, 0.25) is 0 Å². The summed E-state index contributed by atoms with van der Waals surface area (Å²) < 4.78 is 3.88. The maximum Gasteiger partial charge on any atom is -1.00 e. The molecule has 0 bridgehead atoms. The van der Waals surface area contributed by atoms with Crippen molar-refractivity contribution in [1.82, 2.24) is 0 Å². The monoisotopic (exact) mass is 666 g/mol. The largest absolute Gasteiger partial charge is 1.00 e. The number of aromatic hydroxyl groups is 1. The van der Waals surface area contributed by atoms with E-state index in [1.807, 2.05) is 36.7 Å². The van der Waals surface area contributed by atoms with Gasteiger partial charge >= 0.3 is 214 Å². The van der Waals surface area contributed by atoms with E-state index in [-0.39, 0.29) is 56.6 Å². The van der Waals surface area contributed by atoms with Crippen molar-refractivity contribution >= 4 is 12.4 Å². The van der Waals surface area contributed by atoms with Crippen molar-refractivity contribution in [3.05, 3.63) is 64.5 Å². The van der Waals surface area contributed by atoms with Gasteiger partial charge in [0.05, 0.1) is 0 Å². The molecule has 4 nitrogen and oxygen atoms in total. The number of nitrogens with zero attached hydrogens (tertiary/aromatic N) is 2. The van der Waals surface area contributed by atoms with Gasteiger partial charge in [0.25, 0.3) is 0 Å². The number of hydrazone groups is 2. The molecule has 0 amide bonds. The van der Waals surface area contributed by atoms with Gasteiger partial charge in [-0.3, -0.25) is 0 Å². The molecule has 2 aliphatic rings. The smallest absolute Gasteiger partial charge is 1.00 e. The molecule has 0 aliphatic heterocycles. The molecule has 36 heavy (non-hydrogen) atoms. The van der Waals surface area contributed by atoms with E-state index < -0.39 is 0 Å². The fourth-order valence-electron chi connectivity index (χ4n) is 4.76. The number of rotatable bonds is 4. The van der Waals surface area contributed by atoms with Gasteiger partial charge in [-0.1, -0.05) is 0 Å². The van der Waals surface area contributed by atoms with Crippen LogP contribution in [0.5, 0.6) is 5.75 Å². The van der Waals surface area contributed by atoms with Crippen molar-refractivity contribution < 1.29 is 68.5 Å². The minimum atomic E-state index is -0.187. The van der Waals surface area contributed by atoms with Crippen molar-refractivity contribution in [2.45, 2.75) is 91.5 Å². The number of aliphatic hydroxyl groups excluding tert-OH is 1. The Morgan fingerprint density at radius 1 is 0.944 bits per heavy atom. The van der Waals surface area contributed by atoms with Gasteiger partial charge in [0, 0.05) is 0 Å². The van der Waals surface area contributed by atoms with Crippen LogP contribution in [0.25, 0.3) is 0 Å². The zero-order valence-corrected chi connectivity index (χ0v) is 26.6. The minimum Gasteiger partial charge on any atom is -1.00 e. The molecule has 0 radical (unpaired) electrons. The molecule has 0 heterocycles. The Kier molecular flexibility index (Phi) is 11.9. The van der Waals surface area contributed by atoms with E-state index in [4.69, 9.17) is 16.0 Å². The summed E-state index contributed by atoms with van der Waals surface area (Å²) >= 11 is 4.92. The molecule has 1 aromatic carbocycles. The van der Waals surface area contributed by atoms with Crippen molar-refractivity contribution in [2.24, 2.45) is 5.41 Å². The van der Waals surface area contributed by atoms with Gasteiger partial charge in [-0.15, -0.1) is 0 Å². The molecule has 7 heteroatoms. The van der Waals surface area contributed by atoms with Crippen LogP contribution in [-0.2, 0) is 21.4 Å². The predicted octanol–water partition coefficient (Wildman–Crippen LogP) is 0.666. The van der Waals surface area contributed by atoms with Crippen LogP contribution in [0, 0.1) is 5.41 Å². The minimum absolute atomic E-state index is 0. The molecule has 0 aromatic heterocycles. The normalized spacial score (nSPS) is 18.4. The third-order valence-corrected chi connectivity index (χ3v) is 7.07. The van der Waals surface area contributed by atoms with Crippen molar-refractivity contribution in [3.63, 3.8) is 0 Å². The molecular formula is C29H41Br2CoN2O2. The Hall–Kier alpha value is -1.15. The molecule has 0 spiro atoms. The first-order chi connectivity index (χ1) is 15.8. The Morgan fingerprint density at radius 2 is 1.56 bits per heavy atom. The second-order valence-electron chi connectivity index (χ2n) is 11.7. The first kappa shape index (κ1) is 32.9. The van der Waals surface area contributed by atoms with E-state index in [0.717, 1.165) is 40.7 Å². The molecule has 0 unspecified atom stereocenters. The first-order valence-electron chi connectivity index (χ1n) is 12.3. The quantitative estimate of drug-likeness (QED) is 0.282. The fraction of sp³-hybridized carbons (Fsp3) is 0.517. The number of aliphatic hydroxyl groups is 1. The summed E-state index contributed by atoms with van der Waals surface area (Å²) in [6.45, 7) is 16.8. The molecule has 3 rings (SSSR count). The van der Waals surface area contributed by atoms with Gasteiger partial charge in [0.1, 0.15) is 0 Å². The molecule has 0 atom stereocenters. The van der Waals surface area contributed by atoms with Crippen LogP contribution in [-0.4, -0.2) is 37.1 Å². The average molecular weight is 668 g/mol. The Labute approximate surface area is 246 Å². The molecular weight excluding hydrogens is 627 g/mol. The second kappa shape index (κ2) is 13.1. The van der Waals surface area contributed by atoms with Crippen LogP contribution in [0.3, 0.4) is 0 Å². The van der Waals surface area contributed by atoms with E-state index in [0.29, 0.717) is 12.2 Å². The van der Waals surface area contributed by atoms with Gasteiger partial charge < -0.3 is 34.0 Å². The van der Waals surface area contributed by atoms with Crippen molar-refractivity contribution in [3.8, 4) is 5.75 Å². The van der Waals surface area contributed by atoms with Gasteiger partial charge in [0.15, 0.2) is 0 Å². The topological polar surface area (TPSA) is 46.5 Å². The number of halogens is 2. The number of hydrogen-bond acceptors (Lipinski definition) is 2. The maximum atomic E-state index is 11.2. The van der Waals surface area contributed by atoms with Crippen molar-refractivity contribution in [2.75, 3.05) is 0 Å². The fourth-order valence-corrected chi connectivity index (χ4v) is 5.14. The average Bonchev–Trinajstić information content (AvgIpc) is 2.74. The zero-order valence-electron chi connectivity index (χ0n) is 22.4. The SMILES string of the molecule is C=C1C=C(C(C)(C)C)C(O)=C(C=[N+](C2CCCCC2)[N+]([Co])=Cc2cccc(C(C)(C)C)c2O)C1.[Br-].[Br-]. The van der Waals surface area contributed by atoms with Crippen molar-refractivity contribution in [1.29, 1.82) is 0 Å². The number of phenolic OH excluding ortho intramolecular Hbond substituents is 1. The number of para-hydroxylation sites is 1. The summed E-state index contributed by atoms with van der Waals surface area (Å²) in [6, 6.07) is 6.12. The van der Waals surface area contributed by atoms with Gasteiger partial charge in [0.2, 0.25) is 0 Å². The summed E-state index contributed by atoms with van der Waals surface area (Å²) in [4.78, 5) is 0. The third kappa shape index (κ3) is 7.92. The number of allylic oxidation sites excluding steroid dienone is 4. The second-order valence-corrected chi connectivity index (χ2v) is 12.2. The van der Waals surface area contributed by atoms with Crippen LogP contribution in [0.1, 0.15) is 91.2 Å². The molecule has 202 valence electrons. The van der Waals surface area contributed by atoms with Gasteiger partial charge in [-0.2, -0.15) is 0 Å². The molecule has 1 fully saturated rings. The molecule has 2 aliphatic carbocycles. The Balaban J connectivity index is 0.00000324. The van der Waals surface area contributed by atoms with E-state index in [9.17, 15) is 10.2 Å². The molecule has 1 aromatic rings. The number of phenols is 1. The van der Waals surface area contributed by atoms with E-state index in [1.54, 1.807) is 3.73 Å². The zero-order chi connectivity index (χ0) is 25.3. The maximum absolute atomic E-state index is 11.2. The Bertz CT molecular complexity index is 1080. The number of benzene rings is 1. The molecule has 2 N–H and O–H groups in total. The van der Waals surface area contributed by atoms with Gasteiger partial charge in [-0.25, -0.2) is 0 Å². The van der Waals surface area contributed by atoms with E-state index >= 15 is 0 Å². The third-order valence-electron chi connectivity index (χ3n) is 6.70. The molecule has 1 saturated carbocycles. The van der Waals surface area contributed by atoms with Crippen LogP contribution in [0.4, 0.5) is 0 Å². The van der Waals surface area contributed by atoms with E-state index in [2.05, 4.69) is 52.8 Å². The van der Waals surface area contributed by atoms with Gasteiger partial charge in [-0.05, 0) is 0 Å². The van der Waals surface area contributed by atoms with Crippen LogP contribution < -0.4 is 34.0 Å². The summed E-state index contributed by atoms with van der Waals surface area (Å²) in [5.41, 5.74) is 4.01. The summed E-state index contributed by atoms with van der Waals surface area (Å²) in [5.74, 6) is 0.613. The summed E-state index contributed by atoms with van der Waals surface area (Å²) in [5, 5.41) is 22.2. The summed E-state index contributed by atoms with van der Waals surface area (Å²) in [7, 11) is 0.